The maximum Gasteiger partial charge on any atom is 0.123 e. The van der Waals surface area contributed by atoms with Gasteiger partial charge in [0.2, 0.25) is 0 Å². The van der Waals surface area contributed by atoms with Gasteiger partial charge in [-0.3, -0.25) is 0 Å². The molecule has 1 rings (SSSR count). The topological polar surface area (TPSA) is 32.6 Å². The zero-order valence-electron chi connectivity index (χ0n) is 6.08. The Hall–Kier alpha value is -1.38. The fourth-order valence-corrected chi connectivity index (χ4v) is 0.771. The molecule has 58 valence electrons. The van der Waals surface area contributed by atoms with Crippen molar-refractivity contribution in [1.82, 2.24) is 0 Å². The normalized spacial score (nSPS) is 11.6. The van der Waals surface area contributed by atoms with E-state index in [9.17, 15) is 4.39 Å². The van der Waals surface area contributed by atoms with Crippen LogP contribution in [0.15, 0.2) is 29.4 Å². The van der Waals surface area contributed by atoms with Crippen LogP contribution in [0, 0.1) is 5.82 Å². The molecule has 0 atom stereocenters. The van der Waals surface area contributed by atoms with Gasteiger partial charge < -0.3 is 5.21 Å². The van der Waals surface area contributed by atoms with Crippen molar-refractivity contribution in [3.8, 4) is 0 Å². The van der Waals surface area contributed by atoms with Crippen LogP contribution in [-0.4, -0.2) is 10.9 Å². The minimum absolute atomic E-state index is 0.328. The summed E-state index contributed by atoms with van der Waals surface area (Å²) in [6.07, 6.45) is 0. The molecule has 0 radical (unpaired) electrons. The molecular formula is C8H8FNO. The molecular weight excluding hydrogens is 145 g/mol. The molecule has 0 aliphatic carbocycles. The fraction of sp³-hybridized carbons (Fsp3) is 0.125. The van der Waals surface area contributed by atoms with Crippen molar-refractivity contribution in [2.75, 3.05) is 0 Å². The molecule has 2 nitrogen and oxygen atoms in total. The lowest BCUT2D eigenvalue weighted by Gasteiger charge is -1.96. The van der Waals surface area contributed by atoms with E-state index < -0.39 is 0 Å². The molecule has 0 saturated carbocycles. The number of oxime groups is 1. The standard InChI is InChI=1S/C8H8FNO/c1-6(10-11)7-3-2-4-8(9)5-7/h2-5,11H,1H3/b10-6+. The van der Waals surface area contributed by atoms with E-state index in [1.807, 2.05) is 0 Å². The monoisotopic (exact) mass is 153 g/mol. The molecule has 0 amide bonds. The van der Waals surface area contributed by atoms with E-state index in [4.69, 9.17) is 5.21 Å². The lowest BCUT2D eigenvalue weighted by Crippen LogP contribution is -1.94. The summed E-state index contributed by atoms with van der Waals surface area (Å²) in [5, 5.41) is 11.3. The Bertz CT molecular complexity index is 283. The van der Waals surface area contributed by atoms with Gasteiger partial charge in [-0.15, -0.1) is 0 Å². The molecule has 1 aromatic carbocycles. The number of nitrogens with zero attached hydrogens (tertiary/aromatic N) is 1. The van der Waals surface area contributed by atoms with Gasteiger partial charge in [-0.1, -0.05) is 17.3 Å². The van der Waals surface area contributed by atoms with Gasteiger partial charge in [0.25, 0.3) is 0 Å². The first-order valence-corrected chi connectivity index (χ1v) is 3.18. The molecule has 1 aromatic rings. The second-order valence-corrected chi connectivity index (χ2v) is 2.20. The van der Waals surface area contributed by atoms with Gasteiger partial charge in [0, 0.05) is 5.56 Å². The van der Waals surface area contributed by atoms with Crippen molar-refractivity contribution in [3.05, 3.63) is 35.6 Å². The third kappa shape index (κ3) is 1.77. The van der Waals surface area contributed by atoms with Crippen LogP contribution in [0.2, 0.25) is 0 Å². The van der Waals surface area contributed by atoms with Crippen molar-refractivity contribution in [2.45, 2.75) is 6.92 Å². The average molecular weight is 153 g/mol. The minimum Gasteiger partial charge on any atom is -0.411 e. The molecule has 0 saturated heterocycles. The van der Waals surface area contributed by atoms with Crippen LogP contribution in [-0.2, 0) is 0 Å². The summed E-state index contributed by atoms with van der Waals surface area (Å²) in [5.74, 6) is -0.328. The van der Waals surface area contributed by atoms with Crippen LogP contribution in [0.4, 0.5) is 4.39 Å². The molecule has 0 unspecified atom stereocenters. The summed E-state index contributed by atoms with van der Waals surface area (Å²) in [4.78, 5) is 0. The zero-order chi connectivity index (χ0) is 8.27. The van der Waals surface area contributed by atoms with Crippen molar-refractivity contribution < 1.29 is 9.60 Å². The van der Waals surface area contributed by atoms with Gasteiger partial charge >= 0.3 is 0 Å². The van der Waals surface area contributed by atoms with Crippen LogP contribution in [0.25, 0.3) is 0 Å². The summed E-state index contributed by atoms with van der Waals surface area (Å²) in [6, 6.07) is 5.90. The first-order valence-electron chi connectivity index (χ1n) is 3.18. The van der Waals surface area contributed by atoms with E-state index in [0.717, 1.165) is 0 Å². The van der Waals surface area contributed by atoms with E-state index in [1.165, 1.54) is 12.1 Å². The fourth-order valence-electron chi connectivity index (χ4n) is 0.771. The highest BCUT2D eigenvalue weighted by molar-refractivity contribution is 5.98. The van der Waals surface area contributed by atoms with E-state index in [0.29, 0.717) is 11.3 Å². The van der Waals surface area contributed by atoms with Gasteiger partial charge in [0.15, 0.2) is 0 Å². The summed E-state index contributed by atoms with van der Waals surface area (Å²) in [7, 11) is 0. The van der Waals surface area contributed by atoms with Crippen LogP contribution in [0.5, 0.6) is 0 Å². The summed E-state index contributed by atoms with van der Waals surface area (Å²) < 4.78 is 12.5. The van der Waals surface area contributed by atoms with Gasteiger partial charge in [0.05, 0.1) is 5.71 Å². The predicted molar refractivity (Wildman–Crippen MR) is 40.4 cm³/mol. The molecule has 3 heteroatoms. The predicted octanol–water partition coefficient (Wildman–Crippen LogP) is 2.02. The maximum atomic E-state index is 12.5. The van der Waals surface area contributed by atoms with Crippen molar-refractivity contribution in [1.29, 1.82) is 0 Å². The third-order valence-electron chi connectivity index (χ3n) is 1.39. The van der Waals surface area contributed by atoms with Gasteiger partial charge in [0.1, 0.15) is 5.82 Å². The van der Waals surface area contributed by atoms with E-state index >= 15 is 0 Å². The Morgan fingerprint density at radius 2 is 2.27 bits per heavy atom. The number of rotatable bonds is 1. The van der Waals surface area contributed by atoms with Gasteiger partial charge in [-0.2, -0.15) is 0 Å². The van der Waals surface area contributed by atoms with Gasteiger partial charge in [-0.05, 0) is 19.1 Å². The smallest absolute Gasteiger partial charge is 0.123 e. The molecule has 11 heavy (non-hydrogen) atoms. The molecule has 0 aliphatic rings. The lowest BCUT2D eigenvalue weighted by molar-refractivity contribution is 0.319. The molecule has 0 aromatic heterocycles. The van der Waals surface area contributed by atoms with Crippen LogP contribution < -0.4 is 0 Å². The van der Waals surface area contributed by atoms with Gasteiger partial charge in [-0.25, -0.2) is 4.39 Å². The number of hydrogen-bond donors (Lipinski definition) is 1. The summed E-state index contributed by atoms with van der Waals surface area (Å²) in [5.41, 5.74) is 0.997. The Labute approximate surface area is 64.0 Å². The number of halogens is 1. The molecule has 0 spiro atoms. The Morgan fingerprint density at radius 3 is 2.82 bits per heavy atom. The molecule has 0 bridgehead atoms. The third-order valence-corrected chi connectivity index (χ3v) is 1.39. The maximum absolute atomic E-state index is 12.5. The summed E-state index contributed by atoms with van der Waals surface area (Å²) in [6.45, 7) is 1.61. The quantitative estimate of drug-likeness (QED) is 0.373. The molecule has 0 fully saturated rings. The second kappa shape index (κ2) is 3.14. The average Bonchev–Trinajstić information content (AvgIpc) is 2.03. The highest BCUT2D eigenvalue weighted by atomic mass is 19.1. The highest BCUT2D eigenvalue weighted by Gasteiger charge is 1.97. The van der Waals surface area contributed by atoms with E-state index in [-0.39, 0.29) is 5.82 Å². The number of benzene rings is 1. The molecule has 1 N–H and O–H groups in total. The van der Waals surface area contributed by atoms with Crippen molar-refractivity contribution >= 4 is 5.71 Å². The van der Waals surface area contributed by atoms with Crippen molar-refractivity contribution in [3.63, 3.8) is 0 Å². The van der Waals surface area contributed by atoms with Crippen LogP contribution >= 0.6 is 0 Å². The molecule has 0 heterocycles. The Kier molecular flexibility index (Phi) is 2.21. The first kappa shape index (κ1) is 7.72. The Morgan fingerprint density at radius 1 is 1.55 bits per heavy atom. The van der Waals surface area contributed by atoms with Crippen molar-refractivity contribution in [2.24, 2.45) is 5.16 Å². The largest absolute Gasteiger partial charge is 0.411 e. The first-order chi connectivity index (χ1) is 5.24. The second-order valence-electron chi connectivity index (χ2n) is 2.20. The highest BCUT2D eigenvalue weighted by Crippen LogP contribution is 2.04. The lowest BCUT2D eigenvalue weighted by atomic mass is 10.1. The minimum atomic E-state index is -0.328. The SMILES string of the molecule is C/C(=N\O)c1cccc(F)c1. The van der Waals surface area contributed by atoms with E-state index in [1.54, 1.807) is 19.1 Å². The zero-order valence-corrected chi connectivity index (χ0v) is 6.08. The number of hydrogen-bond acceptors (Lipinski definition) is 2. The summed E-state index contributed by atoms with van der Waals surface area (Å²) >= 11 is 0. The van der Waals surface area contributed by atoms with Crippen LogP contribution in [0.1, 0.15) is 12.5 Å². The molecule has 0 aliphatic heterocycles. The Balaban J connectivity index is 3.06. The van der Waals surface area contributed by atoms with E-state index in [2.05, 4.69) is 5.16 Å². The van der Waals surface area contributed by atoms with Crippen LogP contribution in [0.3, 0.4) is 0 Å².